The first-order valence-electron chi connectivity index (χ1n) is 7.73. The number of nitrogens with zero attached hydrogens (tertiary/aromatic N) is 2. The number of carboxylic acid groups (broad SMARTS) is 1. The molecule has 0 spiro atoms. The second-order valence-electron chi connectivity index (χ2n) is 6.39. The lowest BCUT2D eigenvalue weighted by molar-refractivity contribution is -0.144. The van der Waals surface area contributed by atoms with E-state index < -0.39 is 11.5 Å². The van der Waals surface area contributed by atoms with Crippen molar-refractivity contribution in [2.75, 3.05) is 33.2 Å². The average Bonchev–Trinajstić information content (AvgIpc) is 2.36. The van der Waals surface area contributed by atoms with Crippen molar-refractivity contribution in [2.45, 2.75) is 58.2 Å². The fraction of sp³-hybridized carbons (Fsp3) is 0.933. The van der Waals surface area contributed by atoms with Crippen LogP contribution in [0.5, 0.6) is 0 Å². The smallest absolute Gasteiger partial charge is 0.323 e. The highest BCUT2D eigenvalue weighted by Gasteiger charge is 2.32. The SMILES string of the molecule is CCNC(C)(CCCN1CC(C)N(C)C(C)C1)C(=O)O. The van der Waals surface area contributed by atoms with E-state index >= 15 is 0 Å². The van der Waals surface area contributed by atoms with Crippen LogP contribution in [0.3, 0.4) is 0 Å². The molecule has 118 valence electrons. The zero-order valence-electron chi connectivity index (χ0n) is 13.6. The Bertz CT molecular complexity index is 312. The normalized spacial score (nSPS) is 28.2. The van der Waals surface area contributed by atoms with E-state index in [4.69, 9.17) is 0 Å². The summed E-state index contributed by atoms with van der Waals surface area (Å²) in [6.45, 7) is 12.1. The van der Waals surface area contributed by atoms with Crippen molar-refractivity contribution in [1.29, 1.82) is 0 Å². The minimum atomic E-state index is -0.793. The molecule has 0 amide bonds. The standard InChI is InChI=1S/C15H31N3O2/c1-6-16-15(4,14(19)20)8-7-9-18-10-12(2)17(5)13(3)11-18/h12-13,16H,6-11H2,1-5H3,(H,19,20). The van der Waals surface area contributed by atoms with Gasteiger partial charge in [0.15, 0.2) is 0 Å². The fourth-order valence-corrected chi connectivity index (χ4v) is 3.01. The van der Waals surface area contributed by atoms with Crippen LogP contribution in [0.25, 0.3) is 0 Å². The minimum Gasteiger partial charge on any atom is -0.480 e. The number of nitrogens with one attached hydrogen (secondary N) is 1. The van der Waals surface area contributed by atoms with Crippen molar-refractivity contribution < 1.29 is 9.90 Å². The first kappa shape index (κ1) is 17.4. The summed E-state index contributed by atoms with van der Waals surface area (Å²) in [5.74, 6) is -0.750. The van der Waals surface area contributed by atoms with E-state index in [0.717, 1.165) is 26.1 Å². The molecule has 1 aliphatic rings. The van der Waals surface area contributed by atoms with Crippen LogP contribution in [0.1, 0.15) is 40.5 Å². The Morgan fingerprint density at radius 1 is 1.35 bits per heavy atom. The van der Waals surface area contributed by atoms with E-state index in [0.29, 0.717) is 25.0 Å². The zero-order chi connectivity index (χ0) is 15.3. The highest BCUT2D eigenvalue weighted by Crippen LogP contribution is 2.17. The van der Waals surface area contributed by atoms with Crippen molar-refractivity contribution in [2.24, 2.45) is 0 Å². The predicted octanol–water partition coefficient (Wildman–Crippen LogP) is 1.24. The van der Waals surface area contributed by atoms with Gasteiger partial charge >= 0.3 is 5.97 Å². The Hall–Kier alpha value is -0.650. The molecule has 1 aliphatic heterocycles. The van der Waals surface area contributed by atoms with Crippen molar-refractivity contribution in [3.05, 3.63) is 0 Å². The molecular weight excluding hydrogens is 254 g/mol. The van der Waals surface area contributed by atoms with Gasteiger partial charge in [0.1, 0.15) is 5.54 Å². The number of likely N-dealkylation sites (N-methyl/N-ethyl adjacent to an activating group) is 2. The molecule has 5 nitrogen and oxygen atoms in total. The van der Waals surface area contributed by atoms with Crippen molar-refractivity contribution >= 4 is 5.97 Å². The van der Waals surface area contributed by atoms with Crippen LogP contribution in [0, 0.1) is 0 Å². The molecule has 1 heterocycles. The lowest BCUT2D eigenvalue weighted by atomic mass is 9.95. The molecule has 0 aromatic heterocycles. The lowest BCUT2D eigenvalue weighted by Gasteiger charge is -2.42. The zero-order valence-corrected chi connectivity index (χ0v) is 13.6. The molecule has 0 bridgehead atoms. The van der Waals surface area contributed by atoms with E-state index in [1.165, 1.54) is 0 Å². The van der Waals surface area contributed by atoms with E-state index in [1.807, 2.05) is 6.92 Å². The van der Waals surface area contributed by atoms with Gasteiger partial charge in [-0.3, -0.25) is 9.69 Å². The molecule has 2 N–H and O–H groups in total. The molecule has 1 fully saturated rings. The Morgan fingerprint density at radius 3 is 2.35 bits per heavy atom. The molecular formula is C15H31N3O2. The second kappa shape index (κ2) is 7.38. The largest absolute Gasteiger partial charge is 0.480 e. The number of piperazine rings is 1. The van der Waals surface area contributed by atoms with Crippen LogP contribution in [0.2, 0.25) is 0 Å². The van der Waals surface area contributed by atoms with Crippen LogP contribution in [-0.2, 0) is 4.79 Å². The van der Waals surface area contributed by atoms with Gasteiger partial charge in [-0.05, 0) is 53.8 Å². The van der Waals surface area contributed by atoms with Gasteiger partial charge in [-0.15, -0.1) is 0 Å². The van der Waals surface area contributed by atoms with Gasteiger partial charge < -0.3 is 15.3 Å². The third-order valence-electron chi connectivity index (χ3n) is 4.63. The summed E-state index contributed by atoms with van der Waals surface area (Å²) < 4.78 is 0. The molecule has 0 aromatic rings. The van der Waals surface area contributed by atoms with E-state index in [1.54, 1.807) is 6.92 Å². The predicted molar refractivity (Wildman–Crippen MR) is 82.1 cm³/mol. The molecule has 3 atom stereocenters. The molecule has 5 heteroatoms. The van der Waals surface area contributed by atoms with Gasteiger partial charge in [-0.1, -0.05) is 6.92 Å². The summed E-state index contributed by atoms with van der Waals surface area (Å²) in [5, 5.41) is 12.4. The van der Waals surface area contributed by atoms with Gasteiger partial charge in [-0.25, -0.2) is 0 Å². The minimum absolute atomic E-state index is 0.568. The Kier molecular flexibility index (Phi) is 6.43. The molecule has 3 unspecified atom stereocenters. The van der Waals surface area contributed by atoms with Crippen molar-refractivity contribution in [3.63, 3.8) is 0 Å². The van der Waals surface area contributed by atoms with Gasteiger partial charge in [0, 0.05) is 25.2 Å². The highest BCUT2D eigenvalue weighted by molar-refractivity contribution is 5.78. The molecule has 1 rings (SSSR count). The summed E-state index contributed by atoms with van der Waals surface area (Å²) in [6.07, 6.45) is 1.59. The number of carbonyl (C=O) groups is 1. The molecule has 0 saturated carbocycles. The average molecular weight is 285 g/mol. The number of hydrogen-bond acceptors (Lipinski definition) is 4. The number of rotatable bonds is 7. The third kappa shape index (κ3) is 4.43. The maximum Gasteiger partial charge on any atom is 0.323 e. The lowest BCUT2D eigenvalue weighted by Crippen LogP contribution is -2.55. The van der Waals surface area contributed by atoms with Gasteiger partial charge in [0.05, 0.1) is 0 Å². The number of hydrogen-bond donors (Lipinski definition) is 2. The maximum atomic E-state index is 11.4. The topological polar surface area (TPSA) is 55.8 Å². The Balaban J connectivity index is 2.42. The fourth-order valence-electron chi connectivity index (χ4n) is 3.01. The van der Waals surface area contributed by atoms with E-state index in [9.17, 15) is 9.90 Å². The number of aliphatic carboxylic acids is 1. The van der Waals surface area contributed by atoms with E-state index in [-0.39, 0.29) is 0 Å². The Labute approximate surface area is 123 Å². The summed E-state index contributed by atoms with van der Waals surface area (Å²) in [7, 11) is 2.18. The van der Waals surface area contributed by atoms with Crippen LogP contribution in [-0.4, -0.2) is 71.7 Å². The van der Waals surface area contributed by atoms with Crippen LogP contribution in [0.4, 0.5) is 0 Å². The third-order valence-corrected chi connectivity index (χ3v) is 4.63. The molecule has 20 heavy (non-hydrogen) atoms. The van der Waals surface area contributed by atoms with Crippen LogP contribution in [0.15, 0.2) is 0 Å². The molecule has 0 aliphatic carbocycles. The summed E-state index contributed by atoms with van der Waals surface area (Å²) in [4.78, 5) is 16.2. The van der Waals surface area contributed by atoms with Gasteiger partial charge in [0.2, 0.25) is 0 Å². The number of carboxylic acids is 1. The van der Waals surface area contributed by atoms with Gasteiger partial charge in [0.25, 0.3) is 0 Å². The molecule has 1 saturated heterocycles. The summed E-state index contributed by atoms with van der Waals surface area (Å²) >= 11 is 0. The quantitative estimate of drug-likeness (QED) is 0.737. The van der Waals surface area contributed by atoms with Crippen molar-refractivity contribution in [3.8, 4) is 0 Å². The van der Waals surface area contributed by atoms with Crippen LogP contribution >= 0.6 is 0 Å². The summed E-state index contributed by atoms with van der Waals surface area (Å²) in [5.41, 5.74) is -0.793. The van der Waals surface area contributed by atoms with Gasteiger partial charge in [-0.2, -0.15) is 0 Å². The van der Waals surface area contributed by atoms with Crippen LogP contribution < -0.4 is 5.32 Å². The highest BCUT2D eigenvalue weighted by atomic mass is 16.4. The Morgan fingerprint density at radius 2 is 1.90 bits per heavy atom. The summed E-state index contributed by atoms with van der Waals surface area (Å²) in [6, 6.07) is 1.14. The first-order chi connectivity index (χ1) is 9.30. The second-order valence-corrected chi connectivity index (χ2v) is 6.39. The first-order valence-corrected chi connectivity index (χ1v) is 7.73. The molecule has 0 radical (unpaired) electrons. The monoisotopic (exact) mass is 285 g/mol. The van der Waals surface area contributed by atoms with E-state index in [2.05, 4.69) is 36.0 Å². The molecule has 0 aromatic carbocycles. The van der Waals surface area contributed by atoms with Crippen molar-refractivity contribution in [1.82, 2.24) is 15.1 Å². The maximum absolute atomic E-state index is 11.4.